The third-order valence-electron chi connectivity index (χ3n) is 6.10. The highest BCUT2D eigenvalue weighted by atomic mass is 16.6. The van der Waals surface area contributed by atoms with Gasteiger partial charge in [0.15, 0.2) is 11.5 Å². The Labute approximate surface area is 224 Å². The van der Waals surface area contributed by atoms with Gasteiger partial charge >= 0.3 is 12.2 Å². The molecule has 0 atom stereocenters. The average Bonchev–Trinajstić information content (AvgIpc) is 3.40. The van der Waals surface area contributed by atoms with E-state index in [2.05, 4.69) is 0 Å². The molecular weight excluding hydrogens is 500 g/mol. The lowest BCUT2D eigenvalue weighted by molar-refractivity contribution is 0.101. The maximum atomic E-state index is 13.6. The van der Waals surface area contributed by atoms with Crippen LogP contribution < -0.4 is 20.1 Å². The minimum atomic E-state index is -0.711. The lowest BCUT2D eigenvalue weighted by Crippen LogP contribution is -2.26. The zero-order chi connectivity index (χ0) is 27.8. The minimum Gasteiger partial charge on any atom is -0.452 e. The summed E-state index contributed by atoms with van der Waals surface area (Å²) in [6.07, 6.45) is 1.95. The Hall–Kier alpha value is -5.25. The normalized spacial score (nSPS) is 13.2. The molecule has 0 bridgehead atoms. The molecule has 0 radical (unpaired) electrons. The van der Waals surface area contributed by atoms with Crippen LogP contribution in [0.2, 0.25) is 0 Å². The third-order valence-corrected chi connectivity index (χ3v) is 6.10. The number of fused-ring (bicyclic) bond motifs is 2. The summed E-state index contributed by atoms with van der Waals surface area (Å²) in [6.45, 7) is 0. The molecule has 3 aromatic carbocycles. The average molecular weight is 527 g/mol. The number of allylic oxidation sites excluding steroid dienone is 1. The van der Waals surface area contributed by atoms with Crippen LogP contribution >= 0.6 is 0 Å². The molecule has 1 aliphatic rings. The number of benzene rings is 3. The Morgan fingerprint density at radius 1 is 0.923 bits per heavy atom. The van der Waals surface area contributed by atoms with Crippen LogP contribution in [0.4, 0.5) is 9.59 Å². The van der Waals surface area contributed by atoms with Gasteiger partial charge in [-0.1, -0.05) is 42.5 Å². The lowest BCUT2D eigenvalue weighted by atomic mass is 9.98. The molecule has 0 aliphatic carbocycles. The van der Waals surface area contributed by atoms with Gasteiger partial charge in [-0.15, -0.1) is 0 Å². The van der Waals surface area contributed by atoms with E-state index >= 15 is 0 Å². The molecule has 0 unspecified atom stereocenters. The van der Waals surface area contributed by atoms with Crippen molar-refractivity contribution in [3.63, 3.8) is 0 Å². The number of hydrogen-bond acceptors (Lipinski definition) is 7. The van der Waals surface area contributed by atoms with E-state index in [0.717, 1.165) is 22.0 Å². The van der Waals surface area contributed by atoms with Crippen molar-refractivity contribution in [1.29, 1.82) is 0 Å². The Morgan fingerprint density at radius 2 is 1.62 bits per heavy atom. The number of aromatic nitrogens is 1. The van der Waals surface area contributed by atoms with Crippen LogP contribution in [0.3, 0.4) is 0 Å². The second-order valence-electron chi connectivity index (χ2n) is 9.32. The van der Waals surface area contributed by atoms with Crippen LogP contribution in [0.25, 0.3) is 28.1 Å². The highest BCUT2D eigenvalue weighted by Crippen LogP contribution is 2.43. The Balaban J connectivity index is 1.61. The van der Waals surface area contributed by atoms with E-state index in [9.17, 15) is 14.4 Å². The van der Waals surface area contributed by atoms with E-state index < -0.39 is 18.0 Å². The highest BCUT2D eigenvalue weighted by Gasteiger charge is 2.34. The highest BCUT2D eigenvalue weighted by molar-refractivity contribution is 6.17. The van der Waals surface area contributed by atoms with Gasteiger partial charge in [-0.25, -0.2) is 9.59 Å². The van der Waals surface area contributed by atoms with Gasteiger partial charge in [0.1, 0.15) is 17.1 Å². The number of carbonyl (C=O) groups excluding carboxylic acids is 3. The molecule has 5 rings (SSSR count). The van der Waals surface area contributed by atoms with Crippen LogP contribution in [0.15, 0.2) is 72.6 Å². The van der Waals surface area contributed by atoms with Gasteiger partial charge < -0.3 is 29.9 Å². The molecule has 0 spiro atoms. The molecule has 39 heavy (non-hydrogen) atoms. The summed E-state index contributed by atoms with van der Waals surface area (Å²) in [5, 5.41) is 0.839. The smallest absolute Gasteiger partial charge is 0.414 e. The van der Waals surface area contributed by atoms with Crippen LogP contribution in [0, 0.1) is 0 Å². The summed E-state index contributed by atoms with van der Waals surface area (Å²) in [7, 11) is 6.08. The Bertz CT molecular complexity index is 1650. The molecule has 2 N–H and O–H groups in total. The van der Waals surface area contributed by atoms with Crippen molar-refractivity contribution in [3.05, 3.63) is 83.7 Å². The molecule has 0 saturated heterocycles. The molecule has 2 heterocycles. The number of rotatable bonds is 4. The maximum absolute atomic E-state index is 13.6. The van der Waals surface area contributed by atoms with Crippen LogP contribution in [0.5, 0.6) is 17.2 Å². The number of nitrogen functional groups attached to an aromatic ring is 1. The van der Waals surface area contributed by atoms with E-state index in [1.807, 2.05) is 48.5 Å². The van der Waals surface area contributed by atoms with E-state index in [4.69, 9.17) is 20.1 Å². The topological polar surface area (TPSA) is 116 Å². The fourth-order valence-electron chi connectivity index (χ4n) is 4.22. The molecule has 1 aliphatic heterocycles. The first-order valence-corrected chi connectivity index (χ1v) is 12.0. The summed E-state index contributed by atoms with van der Waals surface area (Å²) in [6, 6.07) is 18.3. The van der Waals surface area contributed by atoms with Gasteiger partial charge in [0.05, 0.1) is 5.52 Å². The predicted molar refractivity (Wildman–Crippen MR) is 146 cm³/mol. The zero-order valence-electron chi connectivity index (χ0n) is 21.8. The van der Waals surface area contributed by atoms with Gasteiger partial charge in [-0.05, 0) is 23.3 Å². The molecular formula is C29H26N4O6. The summed E-state index contributed by atoms with van der Waals surface area (Å²) < 4.78 is 18.2. The quantitative estimate of drug-likeness (QED) is 0.301. The summed E-state index contributed by atoms with van der Waals surface area (Å²) in [5.41, 5.74) is 3.39. The predicted octanol–water partition coefficient (Wildman–Crippen LogP) is 4.76. The first-order valence-electron chi connectivity index (χ1n) is 12.0. The zero-order valence-corrected chi connectivity index (χ0v) is 21.8. The Morgan fingerprint density at radius 3 is 2.31 bits per heavy atom. The van der Waals surface area contributed by atoms with Crippen molar-refractivity contribution in [1.82, 2.24) is 14.5 Å². The molecule has 0 fully saturated rings. The number of ether oxygens (including phenoxy) is 3. The lowest BCUT2D eigenvalue weighted by Gasteiger charge is -2.15. The van der Waals surface area contributed by atoms with Crippen molar-refractivity contribution in [2.45, 2.75) is 0 Å². The van der Waals surface area contributed by atoms with Gasteiger partial charge in [0.25, 0.3) is 0 Å². The Kier molecular flexibility index (Phi) is 6.45. The maximum Gasteiger partial charge on any atom is 0.414 e. The monoisotopic (exact) mass is 526 g/mol. The standard InChI is InChI=1S/C29H26N4O6/c1-31(2)28(35)37-19-14-22-26(23(15-19)39-29(36)32(3)4)27(34)24(38-22)13-18-16-33(30)21-12-8-11-20(25(18)21)17-9-6-5-7-10-17/h5-16H,30H2,1-4H3/b24-13-. The molecule has 4 aromatic rings. The fourth-order valence-corrected chi connectivity index (χ4v) is 4.22. The van der Waals surface area contributed by atoms with Crippen molar-refractivity contribution in [3.8, 4) is 28.4 Å². The second kappa shape index (κ2) is 9.90. The molecule has 10 heteroatoms. The number of carbonyl (C=O) groups is 3. The summed E-state index contributed by atoms with van der Waals surface area (Å²) >= 11 is 0. The van der Waals surface area contributed by atoms with Crippen LogP contribution in [-0.2, 0) is 0 Å². The first-order chi connectivity index (χ1) is 18.6. The van der Waals surface area contributed by atoms with Crippen LogP contribution in [0.1, 0.15) is 15.9 Å². The van der Waals surface area contributed by atoms with Gasteiger partial charge in [-0.2, -0.15) is 0 Å². The SMILES string of the molecule is CN(C)C(=O)Oc1cc(OC(=O)N(C)C)c2c(c1)O/C(=C\c1cn(N)c3cccc(-c4ccccc4)c13)C2=O. The van der Waals surface area contributed by atoms with E-state index in [0.29, 0.717) is 5.56 Å². The number of ketones is 1. The minimum absolute atomic E-state index is 0.00129. The second-order valence-corrected chi connectivity index (χ2v) is 9.32. The van der Waals surface area contributed by atoms with Gasteiger partial charge in [-0.3, -0.25) is 9.47 Å². The molecule has 1 aromatic heterocycles. The number of amides is 2. The van der Waals surface area contributed by atoms with Crippen molar-refractivity contribution in [2.75, 3.05) is 34.0 Å². The third kappa shape index (κ3) is 4.75. The fraction of sp³-hybridized carbons (Fsp3) is 0.138. The van der Waals surface area contributed by atoms with E-state index in [1.165, 1.54) is 54.8 Å². The van der Waals surface area contributed by atoms with Crippen molar-refractivity contribution < 1.29 is 28.6 Å². The largest absolute Gasteiger partial charge is 0.452 e. The van der Waals surface area contributed by atoms with E-state index in [-0.39, 0.29) is 28.6 Å². The summed E-state index contributed by atoms with van der Waals surface area (Å²) in [5.74, 6) is 5.82. The van der Waals surface area contributed by atoms with E-state index in [1.54, 1.807) is 12.3 Å². The number of nitrogens with two attached hydrogens (primary N) is 1. The van der Waals surface area contributed by atoms with Crippen molar-refractivity contribution >= 4 is 34.9 Å². The molecule has 0 saturated carbocycles. The summed E-state index contributed by atoms with van der Waals surface area (Å²) in [4.78, 5) is 40.5. The van der Waals surface area contributed by atoms with Crippen molar-refractivity contribution in [2.24, 2.45) is 0 Å². The van der Waals surface area contributed by atoms with Gasteiger partial charge in [0.2, 0.25) is 5.78 Å². The number of Topliss-reactive ketones (excluding diaryl/α,β-unsaturated/α-hetero) is 1. The first kappa shape index (κ1) is 25.4. The molecule has 198 valence electrons. The van der Waals surface area contributed by atoms with Crippen LogP contribution in [-0.4, -0.2) is 60.6 Å². The molecule has 2 amide bonds. The molecule has 10 nitrogen and oxygen atoms in total. The van der Waals surface area contributed by atoms with Gasteiger partial charge in [0, 0.05) is 57.5 Å². The number of hydrogen-bond donors (Lipinski definition) is 1. The number of nitrogens with zero attached hydrogens (tertiary/aromatic N) is 3.